The van der Waals surface area contributed by atoms with Crippen LogP contribution < -0.4 is 0 Å². The van der Waals surface area contributed by atoms with E-state index >= 15 is 0 Å². The van der Waals surface area contributed by atoms with Gasteiger partial charge in [0, 0.05) is 11.8 Å². The van der Waals surface area contributed by atoms with E-state index < -0.39 is 20.0 Å². The molecule has 0 amide bonds. The number of allylic oxidation sites excluding steroid dienone is 4. The van der Waals surface area contributed by atoms with Gasteiger partial charge in [-0.25, -0.2) is 0 Å². The maximum Gasteiger partial charge on any atom is 0.282 e. The van der Waals surface area contributed by atoms with Gasteiger partial charge in [-0.2, -0.15) is 25.6 Å². The first-order valence-electron chi connectivity index (χ1n) is 10.7. The SMILES string of the molecule is CC1=CC(=NS(=O)(=O)c2ccccc2)[C@@H]2CC(C)=C(C)C[C@H]2C1=NS(=O)(=O)c1ccccc1. The maximum absolute atomic E-state index is 13.0. The molecule has 0 heterocycles. The largest absolute Gasteiger partial charge is 0.282 e. The van der Waals surface area contributed by atoms with E-state index in [4.69, 9.17) is 0 Å². The smallest absolute Gasteiger partial charge is 0.199 e. The van der Waals surface area contributed by atoms with Crippen molar-refractivity contribution in [2.75, 3.05) is 0 Å². The second-order valence-electron chi connectivity index (χ2n) is 8.58. The zero-order chi connectivity index (χ0) is 23.8. The van der Waals surface area contributed by atoms with Crippen molar-refractivity contribution in [3.63, 3.8) is 0 Å². The van der Waals surface area contributed by atoms with Crippen molar-refractivity contribution in [1.29, 1.82) is 0 Å². The maximum atomic E-state index is 13.0. The number of hydrogen-bond acceptors (Lipinski definition) is 4. The van der Waals surface area contributed by atoms with E-state index in [9.17, 15) is 16.8 Å². The number of sulfonamides is 2. The van der Waals surface area contributed by atoms with Crippen LogP contribution >= 0.6 is 0 Å². The monoisotopic (exact) mass is 482 g/mol. The average Bonchev–Trinajstić information content (AvgIpc) is 2.79. The Bertz CT molecular complexity index is 1400. The Labute approximate surface area is 195 Å². The molecule has 4 rings (SSSR count). The molecule has 172 valence electrons. The average molecular weight is 483 g/mol. The molecule has 0 fully saturated rings. The summed E-state index contributed by atoms with van der Waals surface area (Å²) >= 11 is 0. The number of rotatable bonds is 4. The molecule has 0 spiro atoms. The molecule has 2 aliphatic carbocycles. The molecule has 0 saturated carbocycles. The molecule has 0 aromatic heterocycles. The highest BCUT2D eigenvalue weighted by molar-refractivity contribution is 7.90. The highest BCUT2D eigenvalue weighted by Crippen LogP contribution is 2.41. The van der Waals surface area contributed by atoms with E-state index in [1.54, 1.807) is 49.4 Å². The van der Waals surface area contributed by atoms with Crippen LogP contribution in [0.2, 0.25) is 0 Å². The van der Waals surface area contributed by atoms with Crippen LogP contribution in [0.25, 0.3) is 0 Å². The fraction of sp³-hybridized carbons (Fsp3) is 0.280. The van der Waals surface area contributed by atoms with Crippen LogP contribution in [0.5, 0.6) is 0 Å². The Kier molecular flexibility index (Phi) is 6.24. The Hall–Kier alpha value is -2.84. The van der Waals surface area contributed by atoms with E-state index in [2.05, 4.69) is 8.80 Å². The van der Waals surface area contributed by atoms with E-state index in [0.29, 0.717) is 29.8 Å². The molecular formula is C25H26N2O4S2. The lowest BCUT2D eigenvalue weighted by Gasteiger charge is -2.37. The molecule has 2 atom stereocenters. The van der Waals surface area contributed by atoms with Gasteiger partial charge in [-0.15, -0.1) is 0 Å². The first kappa shape index (κ1) is 23.3. The summed E-state index contributed by atoms with van der Waals surface area (Å²) in [7, 11) is -7.79. The molecule has 0 radical (unpaired) electrons. The topological polar surface area (TPSA) is 93.0 Å². The van der Waals surface area contributed by atoms with Crippen molar-refractivity contribution in [2.24, 2.45) is 20.6 Å². The summed E-state index contributed by atoms with van der Waals surface area (Å²) in [4.78, 5) is 0.262. The van der Waals surface area contributed by atoms with Crippen LogP contribution in [0.1, 0.15) is 33.6 Å². The van der Waals surface area contributed by atoms with Crippen molar-refractivity contribution < 1.29 is 16.8 Å². The third-order valence-corrected chi connectivity index (χ3v) is 8.92. The third-order valence-electron chi connectivity index (χ3n) is 6.29. The van der Waals surface area contributed by atoms with Gasteiger partial charge in [0.1, 0.15) is 0 Å². The lowest BCUT2D eigenvalue weighted by Crippen LogP contribution is -2.38. The summed E-state index contributed by atoms with van der Waals surface area (Å²) in [6, 6.07) is 16.2. The van der Waals surface area contributed by atoms with Gasteiger partial charge in [0.25, 0.3) is 20.0 Å². The van der Waals surface area contributed by atoms with Crippen LogP contribution in [0.3, 0.4) is 0 Å². The highest BCUT2D eigenvalue weighted by atomic mass is 32.2. The summed E-state index contributed by atoms with van der Waals surface area (Å²) in [5, 5.41) is 0. The predicted octanol–water partition coefficient (Wildman–Crippen LogP) is 4.97. The minimum atomic E-state index is -3.90. The first-order valence-corrected chi connectivity index (χ1v) is 13.6. The summed E-state index contributed by atoms with van der Waals surface area (Å²) in [6.45, 7) is 5.82. The number of hydrogen-bond donors (Lipinski definition) is 0. The third kappa shape index (κ3) is 4.77. The molecule has 33 heavy (non-hydrogen) atoms. The van der Waals surface area contributed by atoms with E-state index in [-0.39, 0.29) is 21.6 Å². The quantitative estimate of drug-likeness (QED) is 0.575. The number of benzene rings is 2. The van der Waals surface area contributed by atoms with Gasteiger partial charge in [-0.3, -0.25) is 0 Å². The Morgan fingerprint density at radius 1 is 0.667 bits per heavy atom. The molecule has 0 unspecified atom stereocenters. The molecule has 8 heteroatoms. The van der Waals surface area contributed by atoms with Crippen molar-refractivity contribution in [3.8, 4) is 0 Å². The molecule has 0 aliphatic heterocycles. The van der Waals surface area contributed by atoms with Crippen molar-refractivity contribution >= 4 is 31.5 Å². The minimum Gasteiger partial charge on any atom is -0.199 e. The van der Waals surface area contributed by atoms with Crippen LogP contribution in [0, 0.1) is 11.8 Å². The van der Waals surface area contributed by atoms with Crippen LogP contribution in [-0.2, 0) is 20.0 Å². The molecule has 2 aromatic carbocycles. The Balaban J connectivity index is 1.85. The fourth-order valence-electron chi connectivity index (χ4n) is 4.38. The fourth-order valence-corrected chi connectivity index (χ4v) is 6.60. The molecule has 2 aliphatic rings. The molecular weight excluding hydrogens is 456 g/mol. The van der Waals surface area contributed by atoms with Gasteiger partial charge in [0.05, 0.1) is 21.2 Å². The number of fused-ring (bicyclic) bond motifs is 1. The van der Waals surface area contributed by atoms with Crippen LogP contribution in [0.4, 0.5) is 0 Å². The normalized spacial score (nSPS) is 24.0. The lowest BCUT2D eigenvalue weighted by atomic mass is 9.68. The molecule has 0 N–H and O–H groups in total. The second-order valence-corrected chi connectivity index (χ2v) is 11.8. The van der Waals surface area contributed by atoms with Gasteiger partial charge in [-0.1, -0.05) is 47.5 Å². The van der Waals surface area contributed by atoms with Crippen molar-refractivity contribution in [3.05, 3.63) is 83.5 Å². The van der Waals surface area contributed by atoms with Gasteiger partial charge < -0.3 is 0 Å². The van der Waals surface area contributed by atoms with E-state index in [0.717, 1.165) is 0 Å². The zero-order valence-corrected chi connectivity index (χ0v) is 20.4. The number of nitrogens with zero attached hydrogens (tertiary/aromatic N) is 2. The molecule has 0 bridgehead atoms. The standard InChI is InChI=1S/C25H26N2O4S2/c1-17-14-22-23(15-18(17)2)25(27-33(30,31)21-12-8-5-9-13-21)19(3)16-24(22)26-32(28,29)20-10-6-4-7-11-20/h4-13,16,22-23H,14-15H2,1-3H3/t22-,23-/m1/s1. The summed E-state index contributed by atoms with van der Waals surface area (Å²) < 4.78 is 60.4. The van der Waals surface area contributed by atoms with Crippen molar-refractivity contribution in [2.45, 2.75) is 43.4 Å². The lowest BCUT2D eigenvalue weighted by molar-refractivity contribution is 0.486. The molecule has 0 saturated heterocycles. The van der Waals surface area contributed by atoms with E-state index in [1.807, 2.05) is 13.8 Å². The Morgan fingerprint density at radius 3 is 1.64 bits per heavy atom. The molecule has 6 nitrogen and oxygen atoms in total. The summed E-state index contributed by atoms with van der Waals surface area (Å²) in [6.07, 6.45) is 2.89. The van der Waals surface area contributed by atoms with Gasteiger partial charge >= 0.3 is 0 Å². The zero-order valence-electron chi connectivity index (χ0n) is 18.8. The van der Waals surface area contributed by atoms with Gasteiger partial charge in [-0.05, 0) is 69.5 Å². The van der Waals surface area contributed by atoms with Crippen LogP contribution in [-0.4, -0.2) is 28.3 Å². The van der Waals surface area contributed by atoms with Crippen LogP contribution in [0.15, 0.2) is 102 Å². The molecule has 2 aromatic rings. The minimum absolute atomic E-state index is 0.130. The van der Waals surface area contributed by atoms with Gasteiger partial charge in [0.2, 0.25) is 0 Å². The van der Waals surface area contributed by atoms with Gasteiger partial charge in [0.15, 0.2) is 0 Å². The van der Waals surface area contributed by atoms with Crippen molar-refractivity contribution in [1.82, 2.24) is 0 Å². The highest BCUT2D eigenvalue weighted by Gasteiger charge is 2.39. The first-order chi connectivity index (χ1) is 15.6. The Morgan fingerprint density at radius 2 is 1.12 bits per heavy atom. The predicted molar refractivity (Wildman–Crippen MR) is 130 cm³/mol. The second kappa shape index (κ2) is 8.83. The summed E-state index contributed by atoms with van der Waals surface area (Å²) in [5.74, 6) is -0.525. The van der Waals surface area contributed by atoms with E-state index in [1.165, 1.54) is 35.4 Å². The summed E-state index contributed by atoms with van der Waals surface area (Å²) in [5.41, 5.74) is 3.88.